The largest absolute Gasteiger partial charge is 0.497 e. The SMILES string of the molecule is COc1cc(OC)cc(C(=O)OCC(=O)NCCCSc2ccccc2)c1. The van der Waals surface area contributed by atoms with Gasteiger partial charge in [0.1, 0.15) is 11.5 Å². The Balaban J connectivity index is 1.68. The van der Waals surface area contributed by atoms with Crippen molar-refractivity contribution in [2.24, 2.45) is 0 Å². The van der Waals surface area contributed by atoms with E-state index in [1.54, 1.807) is 17.8 Å². The number of hydrogen-bond donors (Lipinski definition) is 1. The summed E-state index contributed by atoms with van der Waals surface area (Å²) in [6, 6.07) is 14.8. The Labute approximate surface area is 163 Å². The minimum absolute atomic E-state index is 0.262. The first-order chi connectivity index (χ1) is 13.1. The molecule has 0 aliphatic rings. The van der Waals surface area contributed by atoms with Crippen molar-refractivity contribution in [3.63, 3.8) is 0 Å². The minimum atomic E-state index is -0.609. The highest BCUT2D eigenvalue weighted by atomic mass is 32.2. The van der Waals surface area contributed by atoms with E-state index in [2.05, 4.69) is 17.4 Å². The lowest BCUT2D eigenvalue weighted by Gasteiger charge is -2.09. The van der Waals surface area contributed by atoms with Crippen LogP contribution in [0, 0.1) is 0 Å². The lowest BCUT2D eigenvalue weighted by Crippen LogP contribution is -2.29. The second-order valence-electron chi connectivity index (χ2n) is 5.54. The second kappa shape index (κ2) is 11.1. The molecule has 2 aromatic carbocycles. The number of amides is 1. The fourth-order valence-electron chi connectivity index (χ4n) is 2.20. The zero-order chi connectivity index (χ0) is 19.5. The van der Waals surface area contributed by atoms with Crippen LogP contribution < -0.4 is 14.8 Å². The fraction of sp³-hybridized carbons (Fsp3) is 0.300. The first kappa shape index (κ1) is 20.6. The topological polar surface area (TPSA) is 73.9 Å². The Hall–Kier alpha value is -2.67. The van der Waals surface area contributed by atoms with Crippen LogP contribution in [0.15, 0.2) is 53.4 Å². The number of esters is 1. The van der Waals surface area contributed by atoms with Gasteiger partial charge in [-0.05, 0) is 36.4 Å². The van der Waals surface area contributed by atoms with Crippen LogP contribution in [-0.2, 0) is 9.53 Å². The predicted molar refractivity (Wildman–Crippen MR) is 105 cm³/mol. The Morgan fingerprint density at radius 1 is 1.00 bits per heavy atom. The van der Waals surface area contributed by atoms with Crippen LogP contribution >= 0.6 is 11.8 Å². The Morgan fingerprint density at radius 3 is 2.30 bits per heavy atom. The second-order valence-corrected chi connectivity index (χ2v) is 6.71. The molecule has 144 valence electrons. The van der Waals surface area contributed by atoms with Gasteiger partial charge in [0.2, 0.25) is 0 Å². The molecule has 1 N–H and O–H groups in total. The highest BCUT2D eigenvalue weighted by Crippen LogP contribution is 2.23. The molecule has 6 nitrogen and oxygen atoms in total. The monoisotopic (exact) mass is 389 g/mol. The van der Waals surface area contributed by atoms with Gasteiger partial charge in [-0.25, -0.2) is 4.79 Å². The van der Waals surface area contributed by atoms with Gasteiger partial charge < -0.3 is 19.5 Å². The Kier molecular flexibility index (Phi) is 8.51. The highest BCUT2D eigenvalue weighted by Gasteiger charge is 2.13. The molecule has 0 aromatic heterocycles. The van der Waals surface area contributed by atoms with Crippen molar-refractivity contribution in [1.82, 2.24) is 5.32 Å². The maximum absolute atomic E-state index is 12.1. The normalized spacial score (nSPS) is 10.1. The third-order valence-electron chi connectivity index (χ3n) is 3.58. The van der Waals surface area contributed by atoms with Gasteiger partial charge in [-0.2, -0.15) is 0 Å². The molecule has 1 amide bonds. The fourth-order valence-corrected chi connectivity index (χ4v) is 3.07. The summed E-state index contributed by atoms with van der Waals surface area (Å²) < 4.78 is 15.3. The average molecular weight is 389 g/mol. The number of methoxy groups -OCH3 is 2. The molecule has 0 bridgehead atoms. The number of benzene rings is 2. The first-order valence-electron chi connectivity index (χ1n) is 8.47. The molecule has 0 atom stereocenters. The van der Waals surface area contributed by atoms with Gasteiger partial charge in [-0.15, -0.1) is 11.8 Å². The molecule has 0 saturated carbocycles. The predicted octanol–water partition coefficient (Wildman–Crippen LogP) is 3.16. The van der Waals surface area contributed by atoms with E-state index in [4.69, 9.17) is 14.2 Å². The molecule has 0 unspecified atom stereocenters. The van der Waals surface area contributed by atoms with Gasteiger partial charge in [0.15, 0.2) is 6.61 Å². The van der Waals surface area contributed by atoms with E-state index in [1.807, 2.05) is 18.2 Å². The van der Waals surface area contributed by atoms with Crippen LogP contribution in [0.25, 0.3) is 0 Å². The van der Waals surface area contributed by atoms with Crippen LogP contribution in [0.2, 0.25) is 0 Å². The molecule has 2 aromatic rings. The Morgan fingerprint density at radius 2 is 1.67 bits per heavy atom. The van der Waals surface area contributed by atoms with Crippen LogP contribution in [0.1, 0.15) is 16.8 Å². The molecular formula is C20H23NO5S. The summed E-state index contributed by atoms with van der Waals surface area (Å²) in [6.07, 6.45) is 0.826. The molecule has 0 saturated heterocycles. The van der Waals surface area contributed by atoms with E-state index in [0.717, 1.165) is 12.2 Å². The summed E-state index contributed by atoms with van der Waals surface area (Å²) in [6.45, 7) is 0.202. The van der Waals surface area contributed by atoms with E-state index >= 15 is 0 Å². The van der Waals surface area contributed by atoms with Crippen molar-refractivity contribution >= 4 is 23.6 Å². The van der Waals surface area contributed by atoms with Gasteiger partial charge >= 0.3 is 5.97 Å². The van der Waals surface area contributed by atoms with Gasteiger partial charge in [0.05, 0.1) is 19.8 Å². The molecule has 0 aliphatic heterocycles. The number of ether oxygens (including phenoxy) is 3. The van der Waals surface area contributed by atoms with Gasteiger partial charge in [0.25, 0.3) is 5.91 Å². The average Bonchev–Trinajstić information content (AvgIpc) is 2.72. The third kappa shape index (κ3) is 7.22. The number of thioether (sulfide) groups is 1. The summed E-state index contributed by atoms with van der Waals surface area (Å²) in [4.78, 5) is 25.1. The van der Waals surface area contributed by atoms with Crippen molar-refractivity contribution in [1.29, 1.82) is 0 Å². The highest BCUT2D eigenvalue weighted by molar-refractivity contribution is 7.99. The van der Waals surface area contributed by atoms with E-state index in [0.29, 0.717) is 18.0 Å². The molecule has 0 aliphatic carbocycles. The molecule has 7 heteroatoms. The van der Waals surface area contributed by atoms with Gasteiger partial charge in [-0.1, -0.05) is 18.2 Å². The number of nitrogens with one attached hydrogen (secondary N) is 1. The Bertz CT molecular complexity index is 729. The van der Waals surface area contributed by atoms with Crippen LogP contribution in [0.4, 0.5) is 0 Å². The molecule has 2 rings (SSSR count). The summed E-state index contributed by atoms with van der Waals surface area (Å²) in [5.74, 6) is 0.904. The molecule has 0 radical (unpaired) electrons. The zero-order valence-electron chi connectivity index (χ0n) is 15.4. The smallest absolute Gasteiger partial charge is 0.338 e. The lowest BCUT2D eigenvalue weighted by molar-refractivity contribution is -0.124. The standard InChI is InChI=1S/C20H23NO5S/c1-24-16-11-15(12-17(13-16)25-2)20(23)26-14-19(22)21-9-6-10-27-18-7-4-3-5-8-18/h3-5,7-8,11-13H,6,9-10,14H2,1-2H3,(H,21,22). The minimum Gasteiger partial charge on any atom is -0.497 e. The molecule has 27 heavy (non-hydrogen) atoms. The van der Waals surface area contributed by atoms with E-state index < -0.39 is 5.97 Å². The van der Waals surface area contributed by atoms with Crippen molar-refractivity contribution in [3.05, 3.63) is 54.1 Å². The van der Waals surface area contributed by atoms with Crippen LogP contribution in [-0.4, -0.2) is 45.0 Å². The quantitative estimate of drug-likeness (QED) is 0.382. The molecule has 0 spiro atoms. The van der Waals surface area contributed by atoms with Crippen molar-refractivity contribution in [2.75, 3.05) is 33.1 Å². The number of carbonyl (C=O) groups excluding carboxylic acids is 2. The summed E-state index contributed by atoms with van der Waals surface area (Å²) in [5, 5.41) is 2.74. The maximum Gasteiger partial charge on any atom is 0.338 e. The van der Waals surface area contributed by atoms with E-state index in [1.165, 1.54) is 31.2 Å². The van der Waals surface area contributed by atoms with Crippen molar-refractivity contribution in [3.8, 4) is 11.5 Å². The molecule has 0 fully saturated rings. The van der Waals surface area contributed by atoms with Gasteiger partial charge in [-0.3, -0.25) is 4.79 Å². The van der Waals surface area contributed by atoms with Crippen LogP contribution in [0.3, 0.4) is 0 Å². The summed E-state index contributed by atoms with van der Waals surface area (Å²) in [7, 11) is 2.99. The van der Waals surface area contributed by atoms with E-state index in [-0.39, 0.29) is 18.1 Å². The van der Waals surface area contributed by atoms with Crippen LogP contribution in [0.5, 0.6) is 11.5 Å². The van der Waals surface area contributed by atoms with Crippen molar-refractivity contribution < 1.29 is 23.8 Å². The first-order valence-corrected chi connectivity index (χ1v) is 9.45. The number of carbonyl (C=O) groups is 2. The van der Waals surface area contributed by atoms with Crippen molar-refractivity contribution in [2.45, 2.75) is 11.3 Å². The van der Waals surface area contributed by atoms with Gasteiger partial charge in [0, 0.05) is 17.5 Å². The molecule has 0 heterocycles. The lowest BCUT2D eigenvalue weighted by atomic mass is 10.2. The summed E-state index contributed by atoms with van der Waals surface area (Å²) in [5.41, 5.74) is 0.262. The van der Waals surface area contributed by atoms with E-state index in [9.17, 15) is 9.59 Å². The number of hydrogen-bond acceptors (Lipinski definition) is 6. The molecular weight excluding hydrogens is 366 g/mol. The summed E-state index contributed by atoms with van der Waals surface area (Å²) >= 11 is 1.73. The maximum atomic E-state index is 12.1. The number of rotatable bonds is 10. The zero-order valence-corrected chi connectivity index (χ0v) is 16.2. The third-order valence-corrected chi connectivity index (χ3v) is 4.68.